The molecule has 17 heteroatoms. The smallest absolute Gasteiger partial charge is 0.419 e. The Balaban J connectivity index is 1.70. The lowest BCUT2D eigenvalue weighted by atomic mass is 9.69. The van der Waals surface area contributed by atoms with E-state index in [0.717, 1.165) is 41.9 Å². The first-order chi connectivity index (χ1) is 26.3. The average Bonchev–Trinajstić information content (AvgIpc) is 3.73. The van der Waals surface area contributed by atoms with Crippen LogP contribution in [0.2, 0.25) is 0 Å². The number of esters is 3. The summed E-state index contributed by atoms with van der Waals surface area (Å²) in [4.78, 5) is 84.6. The number of likely N-dealkylation sites (N-methyl/N-ethyl adjacent to an activating group) is 1. The van der Waals surface area contributed by atoms with Gasteiger partial charge in [0.05, 0.1) is 16.1 Å². The van der Waals surface area contributed by atoms with E-state index in [4.69, 9.17) is 18.9 Å². The maximum Gasteiger partial charge on any atom is 0.419 e. The SMILES string of the molecule is CC(=O)O[C@@H]1C(=O)N2[C@H]3N(S(=O)(=O)c4ccccc4)c4ccccc4[C@@]3(c3cn(C(=O)OC(C)(C)C)c4ccccc34)[C@H](OC(C)=O)[C@]2(OC(C)=O)C(=O)N1C. The van der Waals surface area contributed by atoms with E-state index in [1.54, 1.807) is 69.3 Å². The van der Waals surface area contributed by atoms with Crippen molar-refractivity contribution in [2.45, 2.75) is 81.7 Å². The highest BCUT2D eigenvalue weighted by Gasteiger charge is 2.84. The van der Waals surface area contributed by atoms with Crippen molar-refractivity contribution in [3.8, 4) is 0 Å². The minimum absolute atomic E-state index is 0.00671. The van der Waals surface area contributed by atoms with Gasteiger partial charge in [-0.1, -0.05) is 54.6 Å². The second kappa shape index (κ2) is 12.9. The molecule has 2 fully saturated rings. The van der Waals surface area contributed by atoms with Crippen molar-refractivity contribution in [3.63, 3.8) is 0 Å². The zero-order chi connectivity index (χ0) is 40.7. The third-order valence-electron chi connectivity index (χ3n) is 9.92. The fourth-order valence-corrected chi connectivity index (χ4v) is 9.84. The van der Waals surface area contributed by atoms with E-state index in [2.05, 4.69) is 0 Å². The van der Waals surface area contributed by atoms with E-state index in [0.29, 0.717) is 5.39 Å². The lowest BCUT2D eigenvalue weighted by Crippen LogP contribution is -2.75. The Morgan fingerprint density at radius 1 is 0.768 bits per heavy atom. The highest BCUT2D eigenvalue weighted by Crippen LogP contribution is 2.65. The Kier molecular flexibility index (Phi) is 8.79. The molecule has 7 rings (SSSR count). The molecule has 0 saturated carbocycles. The molecule has 1 aromatic heterocycles. The van der Waals surface area contributed by atoms with Gasteiger partial charge in [-0.15, -0.1) is 0 Å². The second-order valence-electron chi connectivity index (χ2n) is 14.6. The van der Waals surface area contributed by atoms with Gasteiger partial charge >= 0.3 is 29.7 Å². The molecule has 56 heavy (non-hydrogen) atoms. The summed E-state index contributed by atoms with van der Waals surface area (Å²) in [6.07, 6.45) is -5.42. The Morgan fingerprint density at radius 2 is 1.38 bits per heavy atom. The largest absolute Gasteiger partial charge is 0.454 e. The van der Waals surface area contributed by atoms with E-state index in [9.17, 15) is 19.2 Å². The van der Waals surface area contributed by atoms with E-state index in [1.165, 1.54) is 41.1 Å². The van der Waals surface area contributed by atoms with Gasteiger partial charge in [-0.05, 0) is 56.2 Å². The van der Waals surface area contributed by atoms with Crippen LogP contribution in [-0.4, -0.2) is 95.5 Å². The second-order valence-corrected chi connectivity index (χ2v) is 16.5. The maximum absolute atomic E-state index is 15.2. The number of carbonyl (C=O) groups excluding carboxylic acids is 6. The van der Waals surface area contributed by atoms with Crippen LogP contribution in [0.4, 0.5) is 10.5 Å². The molecule has 3 aromatic carbocycles. The number of carbonyl (C=O) groups is 6. The molecule has 4 aromatic rings. The number of piperazine rings is 1. The van der Waals surface area contributed by atoms with Crippen LogP contribution in [-0.2, 0) is 58.4 Å². The number of hydrogen-bond donors (Lipinski definition) is 0. The van der Waals surface area contributed by atoms with Gasteiger partial charge in [0.15, 0.2) is 6.10 Å². The molecule has 0 radical (unpaired) electrons. The average molecular weight is 787 g/mol. The van der Waals surface area contributed by atoms with E-state index in [1.807, 2.05) is 0 Å². The van der Waals surface area contributed by atoms with E-state index < -0.39 is 81.1 Å². The normalized spacial score (nSPS) is 24.3. The predicted octanol–water partition coefficient (Wildman–Crippen LogP) is 3.64. The Morgan fingerprint density at radius 3 is 2.00 bits per heavy atom. The van der Waals surface area contributed by atoms with Gasteiger partial charge in [-0.2, -0.15) is 0 Å². The standard InChI is InChI=1S/C39H38N4O12S/c1-22(44)52-32-31(47)42-34-38(33(53-23(2)45)39(42,54-24(3)46)35(48)40(32)7,28-21-41(36(49)55-37(4,5)6)29-19-13-11-17-26(28)29)27-18-12-14-20-30(27)43(34)56(50,51)25-15-9-8-10-16-25/h8-21,32-34H,1-7H3/t32-,33+,34+,38-,39+/m1/s1. The summed E-state index contributed by atoms with van der Waals surface area (Å²) in [5.74, 6) is -5.42. The number of nitrogens with zero attached hydrogens (tertiary/aromatic N) is 4. The minimum Gasteiger partial charge on any atom is -0.454 e. The monoisotopic (exact) mass is 786 g/mol. The topological polar surface area (TPSA) is 188 Å². The molecule has 2 amide bonds. The lowest BCUT2D eigenvalue weighted by molar-refractivity contribution is -0.236. The van der Waals surface area contributed by atoms with Crippen LogP contribution in [0, 0.1) is 0 Å². The molecule has 2 saturated heterocycles. The zero-order valence-electron chi connectivity index (χ0n) is 31.4. The highest BCUT2D eigenvalue weighted by molar-refractivity contribution is 7.93. The molecule has 3 aliphatic rings. The van der Waals surface area contributed by atoms with Crippen LogP contribution in [0.5, 0.6) is 0 Å². The summed E-state index contributed by atoms with van der Waals surface area (Å²) in [5, 5.41) is 0.303. The Hall–Kier alpha value is -6.23. The van der Waals surface area contributed by atoms with Crippen LogP contribution in [0.15, 0.2) is 90.0 Å². The number of ether oxygens (including phenoxy) is 4. The fraction of sp³-hybridized carbons (Fsp3) is 0.333. The summed E-state index contributed by atoms with van der Waals surface area (Å²) < 4.78 is 55.8. The van der Waals surface area contributed by atoms with Gasteiger partial charge < -0.3 is 18.9 Å². The van der Waals surface area contributed by atoms with Crippen molar-refractivity contribution in [1.82, 2.24) is 14.4 Å². The fourth-order valence-electron chi connectivity index (χ4n) is 8.17. The minimum atomic E-state index is -4.76. The van der Waals surface area contributed by atoms with Crippen molar-refractivity contribution in [2.24, 2.45) is 0 Å². The molecule has 0 spiro atoms. The van der Waals surface area contributed by atoms with Gasteiger partial charge in [0.1, 0.15) is 17.2 Å². The number of fused-ring (bicyclic) bond motifs is 6. The van der Waals surface area contributed by atoms with Gasteiger partial charge in [0.2, 0.25) is 0 Å². The first-order valence-corrected chi connectivity index (χ1v) is 18.9. The number of hydrogen-bond acceptors (Lipinski definition) is 12. The van der Waals surface area contributed by atoms with Crippen molar-refractivity contribution in [1.29, 1.82) is 0 Å². The van der Waals surface area contributed by atoms with Gasteiger partial charge in [-0.3, -0.25) is 38.3 Å². The molecule has 0 unspecified atom stereocenters. The summed E-state index contributed by atoms with van der Waals surface area (Å²) >= 11 is 0. The van der Waals surface area contributed by atoms with Crippen molar-refractivity contribution in [3.05, 3.63) is 96.2 Å². The molecule has 0 bridgehead atoms. The Labute approximate surface area is 321 Å². The van der Waals surface area contributed by atoms with Crippen LogP contribution in [0.3, 0.4) is 0 Å². The predicted molar refractivity (Wildman–Crippen MR) is 196 cm³/mol. The zero-order valence-corrected chi connectivity index (χ0v) is 32.2. The summed E-state index contributed by atoms with van der Waals surface area (Å²) in [6, 6.07) is 20.0. The molecule has 5 atom stereocenters. The third kappa shape index (κ3) is 5.35. The third-order valence-corrected chi connectivity index (χ3v) is 11.7. The van der Waals surface area contributed by atoms with Crippen molar-refractivity contribution in [2.75, 3.05) is 11.4 Å². The van der Waals surface area contributed by atoms with Crippen molar-refractivity contribution < 1.29 is 56.1 Å². The molecule has 0 aliphatic carbocycles. The van der Waals surface area contributed by atoms with Crippen LogP contribution >= 0.6 is 0 Å². The molecular weight excluding hydrogens is 749 g/mol. The molecule has 0 N–H and O–H groups in total. The summed E-state index contributed by atoms with van der Waals surface area (Å²) in [6.45, 7) is 8.04. The van der Waals surface area contributed by atoms with Crippen LogP contribution in [0.1, 0.15) is 52.7 Å². The number of amides is 2. The van der Waals surface area contributed by atoms with Crippen molar-refractivity contribution >= 4 is 62.4 Å². The highest BCUT2D eigenvalue weighted by atomic mass is 32.2. The number of aromatic nitrogens is 1. The first-order valence-electron chi connectivity index (χ1n) is 17.5. The molecule has 4 heterocycles. The lowest BCUT2D eigenvalue weighted by Gasteiger charge is -2.49. The van der Waals surface area contributed by atoms with E-state index in [-0.39, 0.29) is 27.2 Å². The number of para-hydroxylation sites is 2. The maximum atomic E-state index is 15.2. The van der Waals surface area contributed by atoms with Crippen LogP contribution < -0.4 is 4.31 Å². The van der Waals surface area contributed by atoms with E-state index >= 15 is 18.0 Å². The molecular formula is C39H38N4O12S. The van der Waals surface area contributed by atoms with Gasteiger partial charge in [-0.25, -0.2) is 17.5 Å². The number of rotatable bonds is 6. The quantitative estimate of drug-likeness (QED) is 0.204. The summed E-state index contributed by atoms with van der Waals surface area (Å²) in [5.41, 5.74) is -5.56. The molecule has 292 valence electrons. The number of benzene rings is 3. The number of sulfonamides is 1. The summed E-state index contributed by atoms with van der Waals surface area (Å²) in [7, 11) is -3.64. The molecule has 3 aliphatic heterocycles. The van der Waals surface area contributed by atoms with Crippen LogP contribution in [0.25, 0.3) is 10.9 Å². The van der Waals surface area contributed by atoms with Gasteiger partial charge in [0, 0.05) is 39.4 Å². The van der Waals surface area contributed by atoms with Gasteiger partial charge in [0.25, 0.3) is 28.1 Å². The molecule has 16 nitrogen and oxygen atoms in total. The first kappa shape index (κ1) is 38.1. The number of anilines is 1. The Bertz CT molecular complexity index is 2460.